The molecule has 2 rings (SSSR count). The number of nitrogens with zero attached hydrogens (tertiary/aromatic N) is 2. The molecule has 0 bridgehead atoms. The second kappa shape index (κ2) is 4.03. The molecule has 3 heteroatoms. The van der Waals surface area contributed by atoms with Gasteiger partial charge in [0.1, 0.15) is 5.82 Å². The van der Waals surface area contributed by atoms with Gasteiger partial charge in [-0.25, -0.2) is 4.98 Å². The molecule has 0 saturated heterocycles. The summed E-state index contributed by atoms with van der Waals surface area (Å²) in [6.07, 6.45) is 0.840. The highest BCUT2D eigenvalue weighted by molar-refractivity contribution is 5.76. The molecule has 0 amide bonds. The van der Waals surface area contributed by atoms with Gasteiger partial charge in [0.05, 0.1) is 11.0 Å². The van der Waals surface area contributed by atoms with Gasteiger partial charge in [0.2, 0.25) is 0 Å². The molecule has 1 heterocycles. The average Bonchev–Trinajstić information content (AvgIpc) is 2.56. The first-order chi connectivity index (χ1) is 7.24. The zero-order valence-electron chi connectivity index (χ0n) is 9.27. The number of para-hydroxylation sites is 2. The highest BCUT2D eigenvalue weighted by Gasteiger charge is 2.11. The van der Waals surface area contributed by atoms with Gasteiger partial charge < -0.3 is 10.3 Å². The number of fused-ring (bicyclic) bond motifs is 1. The third-order valence-electron chi connectivity index (χ3n) is 2.55. The van der Waals surface area contributed by atoms with Crippen LogP contribution < -0.4 is 5.73 Å². The molecule has 80 valence electrons. The third-order valence-corrected chi connectivity index (χ3v) is 2.55. The van der Waals surface area contributed by atoms with Crippen molar-refractivity contribution >= 4 is 11.0 Å². The van der Waals surface area contributed by atoms with Crippen LogP contribution in [-0.4, -0.2) is 16.1 Å². The van der Waals surface area contributed by atoms with Crippen LogP contribution in [0.25, 0.3) is 11.0 Å². The maximum absolute atomic E-state index is 5.60. The summed E-state index contributed by atoms with van der Waals surface area (Å²) in [6, 6.07) is 8.66. The van der Waals surface area contributed by atoms with E-state index < -0.39 is 0 Å². The van der Waals surface area contributed by atoms with Gasteiger partial charge in [-0.1, -0.05) is 12.1 Å². The Balaban J connectivity index is 2.63. The Hall–Kier alpha value is -1.35. The van der Waals surface area contributed by atoms with Crippen molar-refractivity contribution in [1.82, 2.24) is 9.55 Å². The van der Waals surface area contributed by atoms with E-state index in [-0.39, 0.29) is 0 Å². The van der Waals surface area contributed by atoms with Crippen molar-refractivity contribution in [3.8, 4) is 0 Å². The Morgan fingerprint density at radius 2 is 2.07 bits per heavy atom. The monoisotopic (exact) mass is 203 g/mol. The average molecular weight is 203 g/mol. The largest absolute Gasteiger partial charge is 0.330 e. The quantitative estimate of drug-likeness (QED) is 0.830. The van der Waals surface area contributed by atoms with E-state index in [4.69, 9.17) is 5.73 Å². The summed E-state index contributed by atoms with van der Waals surface area (Å²) in [4.78, 5) is 4.61. The Labute approximate surface area is 89.9 Å². The predicted molar refractivity (Wildman–Crippen MR) is 62.9 cm³/mol. The maximum atomic E-state index is 5.60. The lowest BCUT2D eigenvalue weighted by Gasteiger charge is -2.12. The van der Waals surface area contributed by atoms with Gasteiger partial charge in [0, 0.05) is 12.5 Å². The second-order valence-electron chi connectivity index (χ2n) is 4.02. The van der Waals surface area contributed by atoms with Gasteiger partial charge in [-0.05, 0) is 32.5 Å². The number of nitrogens with two attached hydrogens (primary N) is 1. The molecule has 0 aliphatic carbocycles. The van der Waals surface area contributed by atoms with Crippen molar-refractivity contribution < 1.29 is 0 Å². The molecule has 0 atom stereocenters. The number of rotatable bonds is 3. The van der Waals surface area contributed by atoms with E-state index in [9.17, 15) is 0 Å². The van der Waals surface area contributed by atoms with Crippen molar-refractivity contribution in [3.05, 3.63) is 30.1 Å². The van der Waals surface area contributed by atoms with Gasteiger partial charge in [0.25, 0.3) is 0 Å². The SMILES string of the molecule is CC(C)n1c(CCN)nc2ccccc21. The van der Waals surface area contributed by atoms with E-state index in [2.05, 4.69) is 35.5 Å². The minimum absolute atomic E-state index is 0.430. The van der Waals surface area contributed by atoms with Crippen LogP contribution in [0, 0.1) is 0 Å². The molecule has 2 N–H and O–H groups in total. The summed E-state index contributed by atoms with van der Waals surface area (Å²) in [7, 11) is 0. The molecule has 0 spiro atoms. The Bertz CT molecular complexity index is 457. The number of aromatic nitrogens is 2. The van der Waals surface area contributed by atoms with Crippen molar-refractivity contribution in [2.24, 2.45) is 5.73 Å². The first-order valence-electron chi connectivity index (χ1n) is 5.40. The molecule has 0 fully saturated rings. The first kappa shape index (κ1) is 10.2. The van der Waals surface area contributed by atoms with Crippen molar-refractivity contribution in [1.29, 1.82) is 0 Å². The fourth-order valence-electron chi connectivity index (χ4n) is 1.98. The standard InChI is InChI=1S/C12H17N3/c1-9(2)15-11-6-4-3-5-10(11)14-12(15)7-8-13/h3-6,9H,7-8,13H2,1-2H3. The lowest BCUT2D eigenvalue weighted by atomic mass is 10.3. The molecule has 0 saturated carbocycles. The highest BCUT2D eigenvalue weighted by Crippen LogP contribution is 2.20. The van der Waals surface area contributed by atoms with E-state index in [1.807, 2.05) is 12.1 Å². The predicted octanol–water partition coefficient (Wildman–Crippen LogP) is 2.12. The van der Waals surface area contributed by atoms with Crippen molar-refractivity contribution in [3.63, 3.8) is 0 Å². The molecular weight excluding hydrogens is 186 g/mol. The fourth-order valence-corrected chi connectivity index (χ4v) is 1.98. The molecule has 0 unspecified atom stereocenters. The smallest absolute Gasteiger partial charge is 0.111 e. The van der Waals surface area contributed by atoms with Crippen molar-refractivity contribution in [2.45, 2.75) is 26.3 Å². The summed E-state index contributed by atoms with van der Waals surface area (Å²) in [6.45, 7) is 5.00. The number of hydrogen-bond donors (Lipinski definition) is 1. The normalized spacial score (nSPS) is 11.5. The molecular formula is C12H17N3. The molecule has 2 aromatic rings. The lowest BCUT2D eigenvalue weighted by Crippen LogP contribution is -2.11. The number of hydrogen-bond acceptors (Lipinski definition) is 2. The minimum Gasteiger partial charge on any atom is -0.330 e. The zero-order valence-corrected chi connectivity index (χ0v) is 9.27. The van der Waals surface area contributed by atoms with Crippen LogP contribution in [0.1, 0.15) is 25.7 Å². The second-order valence-corrected chi connectivity index (χ2v) is 4.02. The van der Waals surface area contributed by atoms with Crippen LogP contribution in [0.2, 0.25) is 0 Å². The van der Waals surface area contributed by atoms with E-state index >= 15 is 0 Å². The fraction of sp³-hybridized carbons (Fsp3) is 0.417. The molecule has 15 heavy (non-hydrogen) atoms. The summed E-state index contributed by atoms with van der Waals surface area (Å²) < 4.78 is 2.27. The first-order valence-corrected chi connectivity index (χ1v) is 5.40. The Morgan fingerprint density at radius 1 is 1.33 bits per heavy atom. The van der Waals surface area contributed by atoms with Crippen LogP contribution in [-0.2, 0) is 6.42 Å². The summed E-state index contributed by atoms with van der Waals surface area (Å²) >= 11 is 0. The van der Waals surface area contributed by atoms with Crippen LogP contribution in [0.3, 0.4) is 0 Å². The van der Waals surface area contributed by atoms with Gasteiger partial charge in [-0.2, -0.15) is 0 Å². The van der Waals surface area contributed by atoms with Crippen LogP contribution in [0.5, 0.6) is 0 Å². The van der Waals surface area contributed by atoms with E-state index in [0.29, 0.717) is 12.6 Å². The van der Waals surface area contributed by atoms with E-state index in [1.165, 1.54) is 5.52 Å². The molecule has 0 aliphatic rings. The van der Waals surface area contributed by atoms with Gasteiger partial charge in [-0.3, -0.25) is 0 Å². The highest BCUT2D eigenvalue weighted by atomic mass is 15.1. The molecule has 1 aromatic carbocycles. The lowest BCUT2D eigenvalue weighted by molar-refractivity contribution is 0.584. The van der Waals surface area contributed by atoms with E-state index in [1.54, 1.807) is 0 Å². The molecule has 1 aromatic heterocycles. The van der Waals surface area contributed by atoms with Gasteiger partial charge in [-0.15, -0.1) is 0 Å². The maximum Gasteiger partial charge on any atom is 0.111 e. The van der Waals surface area contributed by atoms with Crippen LogP contribution in [0.4, 0.5) is 0 Å². The zero-order chi connectivity index (χ0) is 10.8. The Kier molecular flexibility index (Phi) is 2.73. The summed E-state index contributed by atoms with van der Waals surface area (Å²) in [5, 5.41) is 0. The Morgan fingerprint density at radius 3 is 2.73 bits per heavy atom. The topological polar surface area (TPSA) is 43.8 Å². The molecule has 0 radical (unpaired) electrons. The van der Waals surface area contributed by atoms with Crippen LogP contribution >= 0.6 is 0 Å². The minimum atomic E-state index is 0.430. The van der Waals surface area contributed by atoms with Crippen LogP contribution in [0.15, 0.2) is 24.3 Å². The molecule has 0 aliphatic heterocycles. The van der Waals surface area contributed by atoms with Gasteiger partial charge in [0.15, 0.2) is 0 Å². The summed E-state index contributed by atoms with van der Waals surface area (Å²) in [5.74, 6) is 1.09. The summed E-state index contributed by atoms with van der Waals surface area (Å²) in [5.41, 5.74) is 7.87. The number of imidazole rings is 1. The van der Waals surface area contributed by atoms with Crippen molar-refractivity contribution in [2.75, 3.05) is 6.54 Å². The van der Waals surface area contributed by atoms with E-state index in [0.717, 1.165) is 17.8 Å². The third kappa shape index (κ3) is 1.75. The van der Waals surface area contributed by atoms with Gasteiger partial charge >= 0.3 is 0 Å². The molecule has 3 nitrogen and oxygen atoms in total. The number of benzene rings is 1.